The van der Waals surface area contributed by atoms with Crippen LogP contribution < -0.4 is 0 Å². The van der Waals surface area contributed by atoms with Gasteiger partial charge in [-0.25, -0.2) is 8.78 Å². The van der Waals surface area contributed by atoms with Crippen molar-refractivity contribution in [2.45, 2.75) is 25.7 Å². The van der Waals surface area contributed by atoms with Gasteiger partial charge in [-0.1, -0.05) is 49.2 Å². The fraction of sp³-hybridized carbons (Fsp3) is 0.160. The molecule has 0 saturated carbocycles. The predicted molar refractivity (Wildman–Crippen MR) is 131 cm³/mol. The van der Waals surface area contributed by atoms with E-state index in [1.54, 1.807) is 62.4 Å². The van der Waals surface area contributed by atoms with E-state index in [2.05, 4.69) is 0 Å². The zero-order valence-corrected chi connectivity index (χ0v) is 20.3. The minimum atomic E-state index is -0.468. The molecule has 4 aromatic rings. The molecular weight excluding hydrogens is 489 g/mol. The highest BCUT2D eigenvalue weighted by atomic mass is 35.5. The van der Waals surface area contributed by atoms with Crippen molar-refractivity contribution >= 4 is 51.7 Å². The summed E-state index contributed by atoms with van der Waals surface area (Å²) in [7, 11) is 0. The van der Waals surface area contributed by atoms with Gasteiger partial charge in [0.2, 0.25) is 0 Å². The van der Waals surface area contributed by atoms with Gasteiger partial charge in [0.1, 0.15) is 17.4 Å². The van der Waals surface area contributed by atoms with E-state index in [1.807, 2.05) is 0 Å². The number of hydrogen-bond acceptors (Lipinski definition) is 3. The third-order valence-electron chi connectivity index (χ3n) is 5.51. The van der Waals surface area contributed by atoms with Crippen molar-refractivity contribution < 1.29 is 13.6 Å². The largest absolute Gasteiger partial charge is 0.298 e. The number of benzene rings is 2. The van der Waals surface area contributed by atoms with Crippen molar-refractivity contribution in [2.75, 3.05) is 0 Å². The Hall–Kier alpha value is -2.05. The van der Waals surface area contributed by atoms with Crippen LogP contribution >= 0.6 is 45.9 Å². The summed E-state index contributed by atoms with van der Waals surface area (Å²) in [4.78, 5) is 14.7. The van der Waals surface area contributed by atoms with Crippen molar-refractivity contribution in [1.82, 2.24) is 0 Å². The Morgan fingerprint density at radius 1 is 0.719 bits per heavy atom. The molecule has 2 heterocycles. The van der Waals surface area contributed by atoms with E-state index in [1.165, 1.54) is 34.8 Å². The summed E-state index contributed by atoms with van der Waals surface area (Å²) >= 11 is 14.6. The van der Waals surface area contributed by atoms with Crippen LogP contribution in [0.4, 0.5) is 8.78 Å². The lowest BCUT2D eigenvalue weighted by Crippen LogP contribution is -2.17. The zero-order chi connectivity index (χ0) is 23.0. The van der Waals surface area contributed by atoms with Crippen LogP contribution in [0, 0.1) is 11.6 Å². The maximum Gasteiger partial charge on any atom is 0.147 e. The van der Waals surface area contributed by atoms with E-state index >= 15 is 0 Å². The highest BCUT2D eigenvalue weighted by Crippen LogP contribution is 2.37. The first kappa shape index (κ1) is 23.1. The summed E-state index contributed by atoms with van der Waals surface area (Å²) in [5, 5.41) is 0. The van der Waals surface area contributed by atoms with Crippen molar-refractivity contribution in [3.8, 4) is 20.9 Å². The summed E-state index contributed by atoms with van der Waals surface area (Å²) in [6, 6.07) is 16.4. The Morgan fingerprint density at radius 3 is 1.47 bits per heavy atom. The molecule has 7 heteroatoms. The summed E-state index contributed by atoms with van der Waals surface area (Å²) in [6.45, 7) is 3.61. The second-order valence-electron chi connectivity index (χ2n) is 7.53. The summed E-state index contributed by atoms with van der Waals surface area (Å²) in [6.07, 6.45) is 0. The Morgan fingerprint density at radius 2 is 1.12 bits per heavy atom. The van der Waals surface area contributed by atoms with Gasteiger partial charge in [-0.2, -0.15) is 0 Å². The third-order valence-corrected chi connectivity index (χ3v) is 8.04. The molecule has 164 valence electrons. The van der Waals surface area contributed by atoms with E-state index in [0.29, 0.717) is 29.6 Å². The minimum Gasteiger partial charge on any atom is -0.298 e. The van der Waals surface area contributed by atoms with Crippen LogP contribution in [-0.4, -0.2) is 5.78 Å². The van der Waals surface area contributed by atoms with Crippen LogP contribution in [0.2, 0.25) is 8.67 Å². The molecule has 32 heavy (non-hydrogen) atoms. The molecule has 2 aromatic carbocycles. The van der Waals surface area contributed by atoms with Crippen LogP contribution in [0.25, 0.3) is 20.9 Å². The quantitative estimate of drug-likeness (QED) is 0.254. The maximum absolute atomic E-state index is 14.4. The molecule has 0 amide bonds. The van der Waals surface area contributed by atoms with E-state index in [9.17, 15) is 13.6 Å². The first-order valence-corrected chi connectivity index (χ1v) is 12.3. The van der Waals surface area contributed by atoms with Gasteiger partial charge in [0, 0.05) is 32.7 Å². The number of hydrogen-bond donors (Lipinski definition) is 0. The normalized spacial score (nSPS) is 13.2. The summed E-state index contributed by atoms with van der Waals surface area (Å²) in [5.74, 6) is -1.70. The van der Waals surface area contributed by atoms with Crippen molar-refractivity contribution in [1.29, 1.82) is 0 Å². The number of carbonyl (C=O) groups is 1. The smallest absolute Gasteiger partial charge is 0.147 e. The highest BCUT2D eigenvalue weighted by Gasteiger charge is 2.25. The monoisotopic (exact) mass is 506 g/mol. The van der Waals surface area contributed by atoms with Crippen molar-refractivity contribution in [3.05, 3.63) is 92.1 Å². The zero-order valence-electron chi connectivity index (χ0n) is 17.2. The fourth-order valence-corrected chi connectivity index (χ4v) is 5.75. The van der Waals surface area contributed by atoms with Crippen LogP contribution in [0.3, 0.4) is 0 Å². The van der Waals surface area contributed by atoms with Gasteiger partial charge in [0.15, 0.2) is 0 Å². The molecule has 2 atom stereocenters. The molecule has 0 aliphatic heterocycles. The van der Waals surface area contributed by atoms with E-state index < -0.39 is 11.8 Å². The Kier molecular flexibility index (Phi) is 6.82. The predicted octanol–water partition coefficient (Wildman–Crippen LogP) is 9.20. The van der Waals surface area contributed by atoms with E-state index in [4.69, 9.17) is 23.2 Å². The number of ketones is 1. The number of Topliss-reactive ketones (excluding diaryl/α,β-unsaturated/α-hetero) is 1. The van der Waals surface area contributed by atoms with Crippen LogP contribution in [0.15, 0.2) is 60.7 Å². The molecule has 0 saturated heterocycles. The lowest BCUT2D eigenvalue weighted by molar-refractivity contribution is -0.121. The molecular formula is C25H18Cl2F2OS2. The number of carbonyl (C=O) groups excluding carboxylic acids is 1. The molecule has 0 aliphatic rings. The Labute approximate surface area is 203 Å². The molecule has 0 radical (unpaired) electrons. The average molecular weight is 507 g/mol. The van der Waals surface area contributed by atoms with Gasteiger partial charge in [-0.15, -0.1) is 22.7 Å². The molecule has 0 aliphatic carbocycles. The highest BCUT2D eigenvalue weighted by molar-refractivity contribution is 7.19. The topological polar surface area (TPSA) is 17.1 Å². The second kappa shape index (κ2) is 9.44. The van der Waals surface area contributed by atoms with Gasteiger partial charge in [0.25, 0.3) is 0 Å². The lowest BCUT2D eigenvalue weighted by Gasteiger charge is -2.18. The number of halogens is 4. The first-order chi connectivity index (χ1) is 15.2. The molecule has 0 spiro atoms. The molecule has 4 rings (SSSR count). The standard InChI is InChI=1S/C25H18Cl2F2OS2/c1-13(15-3-5-19(28)17(11-15)21-7-9-23(26)31-21)25(30)14(2)16-4-6-20(29)18(12-16)22-8-10-24(27)32-22/h3-14H,1-2H3. The number of thiophene rings is 2. The van der Waals surface area contributed by atoms with Gasteiger partial charge in [-0.05, 0) is 59.7 Å². The molecule has 0 N–H and O–H groups in total. The van der Waals surface area contributed by atoms with Crippen LogP contribution in [-0.2, 0) is 4.79 Å². The SMILES string of the molecule is CC(C(=O)C(C)c1ccc(F)c(-c2ccc(Cl)s2)c1)c1ccc(F)c(-c2ccc(Cl)s2)c1. The molecule has 2 aromatic heterocycles. The lowest BCUT2D eigenvalue weighted by atomic mass is 9.84. The summed E-state index contributed by atoms with van der Waals surface area (Å²) in [5.41, 5.74) is 2.28. The third kappa shape index (κ3) is 4.67. The average Bonchev–Trinajstić information content (AvgIpc) is 3.41. The molecule has 0 bridgehead atoms. The van der Waals surface area contributed by atoms with Crippen molar-refractivity contribution in [2.24, 2.45) is 0 Å². The van der Waals surface area contributed by atoms with E-state index in [0.717, 1.165) is 11.1 Å². The summed E-state index contributed by atoms with van der Waals surface area (Å²) < 4.78 is 30.0. The van der Waals surface area contributed by atoms with E-state index in [-0.39, 0.29) is 17.4 Å². The van der Waals surface area contributed by atoms with Crippen molar-refractivity contribution in [3.63, 3.8) is 0 Å². The second-order valence-corrected chi connectivity index (χ2v) is 11.0. The minimum absolute atomic E-state index is 0.0338. The fourth-order valence-electron chi connectivity index (χ4n) is 3.62. The Bertz CT molecular complexity index is 1200. The molecule has 0 fully saturated rings. The molecule has 1 nitrogen and oxygen atoms in total. The van der Waals surface area contributed by atoms with Crippen LogP contribution in [0.5, 0.6) is 0 Å². The van der Waals surface area contributed by atoms with Gasteiger partial charge in [-0.3, -0.25) is 4.79 Å². The van der Waals surface area contributed by atoms with Gasteiger partial charge in [0.05, 0.1) is 8.67 Å². The first-order valence-electron chi connectivity index (χ1n) is 9.88. The maximum atomic E-state index is 14.4. The van der Waals surface area contributed by atoms with Gasteiger partial charge < -0.3 is 0 Å². The van der Waals surface area contributed by atoms with Gasteiger partial charge >= 0.3 is 0 Å². The number of rotatable bonds is 6. The Balaban J connectivity index is 1.62. The van der Waals surface area contributed by atoms with Crippen LogP contribution in [0.1, 0.15) is 36.8 Å². The molecule has 2 unspecified atom stereocenters.